The minimum atomic E-state index is -0.342. The zero-order chi connectivity index (χ0) is 32.4. The average Bonchev–Trinajstić information content (AvgIpc) is 3.65. The van der Waals surface area contributed by atoms with Crippen LogP contribution in [0.3, 0.4) is 0 Å². The van der Waals surface area contributed by atoms with Crippen molar-refractivity contribution in [2.45, 2.75) is 44.8 Å². The first-order valence-electron chi connectivity index (χ1n) is 15.6. The number of hydrogen-bond acceptors (Lipinski definition) is 5. The molecule has 3 aromatic carbocycles. The Hall–Kier alpha value is -4.10. The number of nitriles is 1. The number of para-hydroxylation sites is 1. The third-order valence-electron chi connectivity index (χ3n) is 9.18. The molecule has 3 aromatic rings. The summed E-state index contributed by atoms with van der Waals surface area (Å²) in [6.07, 6.45) is 3.36. The maximum absolute atomic E-state index is 13.9. The number of aryl methyl sites for hydroxylation is 2. The van der Waals surface area contributed by atoms with E-state index in [2.05, 4.69) is 26.2 Å². The number of nitrogens with one attached hydrogen (secondary N) is 1. The van der Waals surface area contributed by atoms with Gasteiger partial charge in [-0.05, 0) is 62.2 Å². The van der Waals surface area contributed by atoms with Crippen molar-refractivity contribution in [2.24, 2.45) is 4.99 Å². The zero-order valence-corrected chi connectivity index (χ0v) is 27.5. The molecule has 3 aliphatic rings. The van der Waals surface area contributed by atoms with Gasteiger partial charge in [0, 0.05) is 63.3 Å². The Balaban J connectivity index is 1.12. The summed E-state index contributed by atoms with van der Waals surface area (Å²) in [5, 5.41) is 13.0. The fourth-order valence-electron chi connectivity index (χ4n) is 7.06. The van der Waals surface area contributed by atoms with Crippen LogP contribution in [0.2, 0.25) is 10.0 Å². The van der Waals surface area contributed by atoms with Gasteiger partial charge in [-0.2, -0.15) is 5.26 Å². The highest BCUT2D eigenvalue weighted by Crippen LogP contribution is 2.34. The molecule has 3 aliphatic heterocycles. The van der Waals surface area contributed by atoms with Crippen LogP contribution in [0.4, 0.5) is 5.69 Å². The first-order valence-corrected chi connectivity index (χ1v) is 16.4. The second-order valence-electron chi connectivity index (χ2n) is 12.4. The number of benzene rings is 3. The lowest BCUT2D eigenvalue weighted by Gasteiger charge is -2.42. The predicted octanol–water partition coefficient (Wildman–Crippen LogP) is 5.54. The Morgan fingerprint density at radius 1 is 0.913 bits per heavy atom. The van der Waals surface area contributed by atoms with E-state index in [9.17, 15) is 14.9 Å². The molecule has 0 saturated carbocycles. The normalized spacial score (nSPS) is 21.4. The van der Waals surface area contributed by atoms with Crippen LogP contribution in [0, 0.1) is 25.3 Å². The first kappa shape index (κ1) is 31.9. The maximum Gasteiger partial charge on any atom is 0.254 e. The minimum absolute atomic E-state index is 0.0392. The number of hydrogen-bond donors (Lipinski definition) is 1. The molecular weight excluding hydrogens is 621 g/mol. The molecule has 3 heterocycles. The number of carbonyl (C=O) groups is 2. The molecule has 6 rings (SSSR count). The van der Waals surface area contributed by atoms with Crippen molar-refractivity contribution < 1.29 is 9.59 Å². The summed E-state index contributed by atoms with van der Waals surface area (Å²) >= 11 is 12.7. The van der Waals surface area contributed by atoms with Gasteiger partial charge in [-0.15, -0.1) is 0 Å². The molecule has 11 heteroatoms. The van der Waals surface area contributed by atoms with Crippen LogP contribution in [0.5, 0.6) is 0 Å². The van der Waals surface area contributed by atoms with Crippen molar-refractivity contribution in [3.63, 3.8) is 0 Å². The Labute approximate surface area is 280 Å². The number of fused-ring (bicyclic) bond motifs is 2. The molecule has 0 spiro atoms. The molecule has 2 bridgehead atoms. The lowest BCUT2D eigenvalue weighted by atomic mass is 10.00. The Morgan fingerprint density at radius 2 is 1.67 bits per heavy atom. The Kier molecular flexibility index (Phi) is 9.50. The number of rotatable bonds is 6. The standard InChI is InChI=1S/C35H37Cl2N7O2/c1-23-14-24(2)16-26(15-23)34(46)42-12-13-43(32(21-42)25-8-9-30(36)31(37)17-25)33(45)10-11-41-19-29-18-28(41)20-44(29)35(39-22-38)40-27-6-4-3-5-7-27/h3-9,14-17,28-29,32H,10-13,18-21H2,1-2H3,(H,39,40). The van der Waals surface area contributed by atoms with Crippen molar-refractivity contribution in [1.82, 2.24) is 24.9 Å². The molecule has 2 amide bonds. The Bertz CT molecular complexity index is 1670. The summed E-state index contributed by atoms with van der Waals surface area (Å²) in [4.78, 5) is 40.4. The second kappa shape index (κ2) is 13.7. The first-order chi connectivity index (χ1) is 22.2. The van der Waals surface area contributed by atoms with E-state index in [1.54, 1.807) is 12.1 Å². The molecule has 238 valence electrons. The van der Waals surface area contributed by atoms with Crippen molar-refractivity contribution >= 4 is 46.7 Å². The van der Waals surface area contributed by atoms with E-state index in [0.717, 1.165) is 41.9 Å². The number of guanidine groups is 1. The van der Waals surface area contributed by atoms with Crippen LogP contribution in [0.15, 0.2) is 71.7 Å². The predicted molar refractivity (Wildman–Crippen MR) is 180 cm³/mol. The molecule has 3 atom stereocenters. The summed E-state index contributed by atoms with van der Waals surface area (Å²) in [6.45, 7) is 7.41. The highest BCUT2D eigenvalue weighted by molar-refractivity contribution is 6.42. The van der Waals surface area contributed by atoms with Gasteiger partial charge in [0.2, 0.25) is 11.9 Å². The van der Waals surface area contributed by atoms with Gasteiger partial charge in [0.1, 0.15) is 0 Å². The largest absolute Gasteiger partial charge is 0.336 e. The van der Waals surface area contributed by atoms with Crippen LogP contribution in [-0.2, 0) is 4.79 Å². The molecule has 0 aliphatic carbocycles. The van der Waals surface area contributed by atoms with Gasteiger partial charge >= 0.3 is 0 Å². The maximum atomic E-state index is 13.9. The number of amides is 2. The Morgan fingerprint density at radius 3 is 2.35 bits per heavy atom. The molecule has 0 aromatic heterocycles. The lowest BCUT2D eigenvalue weighted by molar-refractivity contribution is -0.136. The summed E-state index contributed by atoms with van der Waals surface area (Å²) in [7, 11) is 0. The van der Waals surface area contributed by atoms with Gasteiger partial charge in [-0.3, -0.25) is 19.8 Å². The molecule has 3 unspecified atom stereocenters. The van der Waals surface area contributed by atoms with Crippen LogP contribution < -0.4 is 5.32 Å². The topological polar surface area (TPSA) is 95.3 Å². The van der Waals surface area contributed by atoms with E-state index in [1.165, 1.54) is 0 Å². The summed E-state index contributed by atoms with van der Waals surface area (Å²) in [5.41, 5.74) is 4.38. The molecule has 3 fully saturated rings. The van der Waals surface area contributed by atoms with E-state index in [-0.39, 0.29) is 29.9 Å². The summed E-state index contributed by atoms with van der Waals surface area (Å²) in [5.74, 6) is 0.573. The smallest absolute Gasteiger partial charge is 0.254 e. The number of nitrogens with zero attached hydrogens (tertiary/aromatic N) is 6. The van der Waals surface area contributed by atoms with Crippen molar-refractivity contribution in [1.29, 1.82) is 5.26 Å². The van der Waals surface area contributed by atoms with Gasteiger partial charge in [0.25, 0.3) is 5.91 Å². The third-order valence-corrected chi connectivity index (χ3v) is 9.92. The SMILES string of the molecule is Cc1cc(C)cc(C(=O)N2CCN(C(=O)CCN3CC4CC3CN4C(=Nc3ccccc3)NC#N)C(c3ccc(Cl)c(Cl)c3)C2)c1. The third kappa shape index (κ3) is 6.85. The van der Waals surface area contributed by atoms with Gasteiger partial charge in [-0.1, -0.05) is 64.7 Å². The van der Waals surface area contributed by atoms with Gasteiger partial charge in [-0.25, -0.2) is 4.99 Å². The number of likely N-dealkylation sites (tertiary alicyclic amines) is 2. The average molecular weight is 659 g/mol. The number of piperazine rings is 2. The van der Waals surface area contributed by atoms with Crippen molar-refractivity contribution in [3.05, 3.63) is 99.0 Å². The van der Waals surface area contributed by atoms with E-state index >= 15 is 0 Å². The van der Waals surface area contributed by atoms with E-state index in [1.807, 2.05) is 78.4 Å². The van der Waals surface area contributed by atoms with Crippen molar-refractivity contribution in [2.75, 3.05) is 39.3 Å². The van der Waals surface area contributed by atoms with Gasteiger partial charge in [0.05, 0.1) is 21.8 Å². The zero-order valence-electron chi connectivity index (χ0n) is 26.0. The second-order valence-corrected chi connectivity index (χ2v) is 13.2. The van der Waals surface area contributed by atoms with Gasteiger partial charge < -0.3 is 14.7 Å². The van der Waals surface area contributed by atoms with E-state index in [4.69, 9.17) is 23.2 Å². The van der Waals surface area contributed by atoms with Crippen molar-refractivity contribution in [3.8, 4) is 6.19 Å². The van der Waals surface area contributed by atoms with Crippen LogP contribution in [0.1, 0.15) is 45.9 Å². The molecule has 9 nitrogen and oxygen atoms in total. The van der Waals surface area contributed by atoms with Gasteiger partial charge in [0.15, 0.2) is 6.19 Å². The summed E-state index contributed by atoms with van der Waals surface area (Å²) in [6, 6.07) is 21.1. The molecule has 3 saturated heterocycles. The minimum Gasteiger partial charge on any atom is -0.336 e. The lowest BCUT2D eigenvalue weighted by Crippen LogP contribution is -2.54. The van der Waals surface area contributed by atoms with Crippen LogP contribution >= 0.6 is 23.2 Å². The molecule has 1 N–H and O–H groups in total. The number of carbonyl (C=O) groups excluding carboxylic acids is 2. The highest BCUT2D eigenvalue weighted by Gasteiger charge is 2.45. The van der Waals surface area contributed by atoms with E-state index < -0.39 is 0 Å². The molecule has 0 radical (unpaired) electrons. The van der Waals surface area contributed by atoms with Crippen LogP contribution in [-0.4, -0.2) is 88.7 Å². The monoisotopic (exact) mass is 657 g/mol. The highest BCUT2D eigenvalue weighted by atomic mass is 35.5. The molecule has 46 heavy (non-hydrogen) atoms. The number of aliphatic imine (C=N–C) groups is 1. The van der Waals surface area contributed by atoms with E-state index in [0.29, 0.717) is 54.2 Å². The fourth-order valence-corrected chi connectivity index (χ4v) is 7.36. The fraction of sp³-hybridized carbons (Fsp3) is 0.371. The van der Waals surface area contributed by atoms with Crippen LogP contribution in [0.25, 0.3) is 0 Å². The number of halogens is 2. The summed E-state index contributed by atoms with van der Waals surface area (Å²) < 4.78 is 0. The molecular formula is C35H37Cl2N7O2. The quantitative estimate of drug-likeness (QED) is 0.162.